The highest BCUT2D eigenvalue weighted by atomic mass is 28.3. The van der Waals surface area contributed by atoms with Gasteiger partial charge in [-0.3, -0.25) is 0 Å². The van der Waals surface area contributed by atoms with Crippen LogP contribution in [0.4, 0.5) is 0 Å². The van der Waals surface area contributed by atoms with E-state index in [1.54, 1.807) is 0 Å². The molecule has 0 amide bonds. The predicted molar refractivity (Wildman–Crippen MR) is 104 cm³/mol. The summed E-state index contributed by atoms with van der Waals surface area (Å²) in [5.74, 6) is 4.32. The molecule has 1 nitrogen and oxygen atoms in total. The molecule has 1 rings (SSSR count). The Bertz CT molecular complexity index is 341. The molecule has 0 aromatic heterocycles. The minimum atomic E-state index is -1.29. The van der Waals surface area contributed by atoms with Crippen LogP contribution in [-0.4, -0.2) is 31.2 Å². The van der Waals surface area contributed by atoms with E-state index < -0.39 is 8.07 Å². The van der Waals surface area contributed by atoms with Crippen molar-refractivity contribution in [1.29, 1.82) is 0 Å². The van der Waals surface area contributed by atoms with Crippen LogP contribution in [0.3, 0.4) is 0 Å². The minimum Gasteiger partial charge on any atom is -0.301 e. The van der Waals surface area contributed by atoms with E-state index in [0.29, 0.717) is 0 Å². The first-order chi connectivity index (χ1) is 9.79. The molecule has 0 N–H and O–H groups in total. The van der Waals surface area contributed by atoms with Gasteiger partial charge in [0.1, 0.15) is 0 Å². The zero-order valence-electron chi connectivity index (χ0n) is 17.3. The Morgan fingerprint density at radius 1 is 0.864 bits per heavy atom. The fourth-order valence-corrected chi connectivity index (χ4v) is 10.4. The van der Waals surface area contributed by atoms with E-state index in [1.165, 1.54) is 12.7 Å². The monoisotopic (exact) mass is 325 g/mol. The van der Waals surface area contributed by atoms with Crippen molar-refractivity contribution in [3.63, 3.8) is 0 Å². The van der Waals surface area contributed by atoms with Crippen LogP contribution in [0.1, 0.15) is 62.3 Å². The van der Waals surface area contributed by atoms with Crippen molar-refractivity contribution in [2.45, 2.75) is 86.5 Å². The first kappa shape index (κ1) is 20.2. The van der Waals surface area contributed by atoms with E-state index in [2.05, 4.69) is 80.3 Å². The van der Waals surface area contributed by atoms with Crippen LogP contribution in [0.5, 0.6) is 0 Å². The fraction of sp³-hybridized carbons (Fsp3) is 1.00. The van der Waals surface area contributed by atoms with Crippen molar-refractivity contribution >= 4 is 8.07 Å². The van der Waals surface area contributed by atoms with Crippen molar-refractivity contribution in [2.24, 2.45) is 29.6 Å². The first-order valence-corrected chi connectivity index (χ1v) is 12.8. The van der Waals surface area contributed by atoms with Gasteiger partial charge in [-0.15, -0.1) is 0 Å². The number of rotatable bonds is 5. The van der Waals surface area contributed by atoms with Gasteiger partial charge in [-0.1, -0.05) is 54.6 Å². The maximum Gasteiger partial charge on any atom is 0.0666 e. The summed E-state index contributed by atoms with van der Waals surface area (Å²) in [5, 5.41) is 0. The SMILES string of the molecule is CC(C)CN(C[Si](C)(C)C1[C@H](C)C(C)[C@@H](C)[C@H]1C)C(C)(C)C. The Balaban J connectivity index is 2.97. The molecule has 2 unspecified atom stereocenters. The van der Waals surface area contributed by atoms with Crippen LogP contribution in [-0.2, 0) is 0 Å². The molecule has 1 aliphatic carbocycles. The summed E-state index contributed by atoms with van der Waals surface area (Å²) < 4.78 is 0. The molecule has 0 heterocycles. The van der Waals surface area contributed by atoms with Gasteiger partial charge < -0.3 is 4.90 Å². The lowest BCUT2D eigenvalue weighted by Crippen LogP contribution is -2.55. The smallest absolute Gasteiger partial charge is 0.0666 e. The molecule has 0 bridgehead atoms. The van der Waals surface area contributed by atoms with Gasteiger partial charge in [0.25, 0.3) is 0 Å². The van der Waals surface area contributed by atoms with E-state index in [0.717, 1.165) is 35.1 Å². The summed E-state index contributed by atoms with van der Waals surface area (Å²) in [5.41, 5.74) is 1.26. The summed E-state index contributed by atoms with van der Waals surface area (Å²) in [6.07, 6.45) is 1.35. The molecule has 0 aromatic carbocycles. The molecule has 2 heteroatoms. The third-order valence-electron chi connectivity index (χ3n) is 6.66. The van der Waals surface area contributed by atoms with Gasteiger partial charge in [-0.05, 0) is 62.1 Å². The lowest BCUT2D eigenvalue weighted by Gasteiger charge is -2.45. The predicted octanol–water partition coefficient (Wildman–Crippen LogP) is 5.92. The Morgan fingerprint density at radius 2 is 1.27 bits per heavy atom. The summed E-state index contributed by atoms with van der Waals surface area (Å²) in [6.45, 7) is 28.5. The van der Waals surface area contributed by atoms with Crippen molar-refractivity contribution in [3.8, 4) is 0 Å². The topological polar surface area (TPSA) is 3.24 Å². The molecular formula is C20H43NSi. The maximum absolute atomic E-state index is 2.79. The normalized spacial score (nSPS) is 34.0. The van der Waals surface area contributed by atoms with Gasteiger partial charge in [0.05, 0.1) is 8.07 Å². The van der Waals surface area contributed by atoms with Gasteiger partial charge in [0.2, 0.25) is 0 Å². The number of nitrogens with zero attached hydrogens (tertiary/aromatic N) is 1. The zero-order valence-corrected chi connectivity index (χ0v) is 18.3. The molecule has 22 heavy (non-hydrogen) atoms. The van der Waals surface area contributed by atoms with Crippen molar-refractivity contribution in [3.05, 3.63) is 0 Å². The Kier molecular flexibility index (Phi) is 6.40. The molecule has 0 aromatic rings. The van der Waals surface area contributed by atoms with E-state index in [-0.39, 0.29) is 5.54 Å². The van der Waals surface area contributed by atoms with Gasteiger partial charge in [0, 0.05) is 12.1 Å². The second-order valence-electron chi connectivity index (χ2n) is 10.4. The highest BCUT2D eigenvalue weighted by molar-refractivity contribution is 6.79. The molecule has 0 spiro atoms. The van der Waals surface area contributed by atoms with Crippen LogP contribution in [0, 0.1) is 29.6 Å². The Morgan fingerprint density at radius 3 is 1.59 bits per heavy atom. The molecule has 0 aliphatic heterocycles. The standard InChI is InChI=1S/C20H43NSi/c1-14(2)12-21(20(7,8)9)13-22(10,11)19-17(5)15(3)16(4)18(19)6/h14-19H,12-13H2,1-11H3/t15-,16?,17-,18-,19?/m1/s1. The third kappa shape index (κ3) is 4.38. The quantitative estimate of drug-likeness (QED) is 0.567. The molecule has 1 aliphatic rings. The summed E-state index contributed by atoms with van der Waals surface area (Å²) in [7, 11) is -1.29. The van der Waals surface area contributed by atoms with Gasteiger partial charge in [-0.2, -0.15) is 0 Å². The van der Waals surface area contributed by atoms with Crippen LogP contribution in [0.15, 0.2) is 0 Å². The molecule has 0 saturated heterocycles. The average molecular weight is 326 g/mol. The second kappa shape index (κ2) is 6.97. The largest absolute Gasteiger partial charge is 0.301 e. The summed E-state index contributed by atoms with van der Waals surface area (Å²) in [6, 6.07) is 0. The van der Waals surface area contributed by atoms with E-state index >= 15 is 0 Å². The number of hydrogen-bond donors (Lipinski definition) is 0. The molecule has 132 valence electrons. The van der Waals surface area contributed by atoms with Crippen LogP contribution in [0.25, 0.3) is 0 Å². The van der Waals surface area contributed by atoms with E-state index in [1.807, 2.05) is 0 Å². The highest BCUT2D eigenvalue weighted by Gasteiger charge is 2.50. The lowest BCUT2D eigenvalue weighted by atomic mass is 9.92. The zero-order chi connectivity index (χ0) is 17.5. The first-order valence-electron chi connectivity index (χ1n) is 9.54. The van der Waals surface area contributed by atoms with Gasteiger partial charge in [-0.25, -0.2) is 0 Å². The number of hydrogen-bond acceptors (Lipinski definition) is 1. The third-order valence-corrected chi connectivity index (χ3v) is 10.7. The van der Waals surface area contributed by atoms with Crippen LogP contribution >= 0.6 is 0 Å². The Labute approximate surface area is 142 Å². The van der Waals surface area contributed by atoms with Gasteiger partial charge in [0.15, 0.2) is 0 Å². The highest BCUT2D eigenvalue weighted by Crippen LogP contribution is 2.53. The molecule has 5 atom stereocenters. The fourth-order valence-electron chi connectivity index (χ4n) is 5.13. The summed E-state index contributed by atoms with van der Waals surface area (Å²) in [4.78, 5) is 2.79. The molecule has 0 radical (unpaired) electrons. The molecular weight excluding hydrogens is 282 g/mol. The van der Waals surface area contributed by atoms with Crippen LogP contribution < -0.4 is 0 Å². The summed E-state index contributed by atoms with van der Waals surface area (Å²) >= 11 is 0. The lowest BCUT2D eigenvalue weighted by molar-refractivity contribution is 0.141. The maximum atomic E-state index is 2.79. The average Bonchev–Trinajstić information content (AvgIpc) is 2.51. The van der Waals surface area contributed by atoms with Gasteiger partial charge >= 0.3 is 0 Å². The molecule has 1 saturated carbocycles. The van der Waals surface area contributed by atoms with Crippen LogP contribution in [0.2, 0.25) is 18.6 Å². The van der Waals surface area contributed by atoms with Crippen molar-refractivity contribution in [2.75, 3.05) is 12.7 Å². The molecule has 1 fully saturated rings. The minimum absolute atomic E-state index is 0.289. The van der Waals surface area contributed by atoms with E-state index in [4.69, 9.17) is 0 Å². The van der Waals surface area contributed by atoms with Crippen molar-refractivity contribution in [1.82, 2.24) is 4.90 Å². The van der Waals surface area contributed by atoms with E-state index in [9.17, 15) is 0 Å². The van der Waals surface area contributed by atoms with Crippen molar-refractivity contribution < 1.29 is 0 Å². The Hall–Kier alpha value is 0.177. The second-order valence-corrected chi connectivity index (χ2v) is 15.4.